The van der Waals surface area contributed by atoms with Gasteiger partial charge in [0.05, 0.1) is 23.8 Å². The van der Waals surface area contributed by atoms with Crippen LogP contribution in [0.25, 0.3) is 5.76 Å². The Morgan fingerprint density at radius 3 is 2.49 bits per heavy atom. The predicted octanol–water partition coefficient (Wildman–Crippen LogP) is 0.528. The number of phenols is 1. The Labute approximate surface area is 234 Å². The summed E-state index contributed by atoms with van der Waals surface area (Å²) >= 11 is 0. The summed E-state index contributed by atoms with van der Waals surface area (Å²) in [7, 11) is 1.55. The van der Waals surface area contributed by atoms with Crippen LogP contribution in [-0.2, 0) is 25.6 Å². The van der Waals surface area contributed by atoms with Gasteiger partial charge in [-0.1, -0.05) is 6.92 Å². The van der Waals surface area contributed by atoms with Crippen LogP contribution in [0.3, 0.4) is 0 Å². The lowest BCUT2D eigenvalue weighted by atomic mass is 9.57. The van der Waals surface area contributed by atoms with Crippen LogP contribution in [-0.4, -0.2) is 98.5 Å². The molecule has 1 aliphatic heterocycles. The molecule has 1 heterocycles. The van der Waals surface area contributed by atoms with Gasteiger partial charge in [-0.3, -0.25) is 29.0 Å². The minimum absolute atomic E-state index is 0.0279. The van der Waals surface area contributed by atoms with Crippen LogP contribution in [0.2, 0.25) is 0 Å². The summed E-state index contributed by atoms with van der Waals surface area (Å²) in [5.74, 6) is -9.55. The van der Waals surface area contributed by atoms with Crippen molar-refractivity contribution in [3.8, 4) is 5.75 Å². The average molecular weight is 573 g/mol. The number of hydrogen-bond donors (Lipinski definition) is 6. The molecule has 1 saturated carbocycles. The summed E-state index contributed by atoms with van der Waals surface area (Å²) in [6.07, 6.45) is 1.57. The van der Waals surface area contributed by atoms with Crippen LogP contribution < -0.4 is 11.1 Å². The number of aliphatic hydroxyl groups excluding tert-OH is 2. The summed E-state index contributed by atoms with van der Waals surface area (Å²) in [6.45, 7) is 3.49. The number of Topliss-reactive ketones (excluding diaryl/α,β-unsaturated/α-hetero) is 2. The number of benzene rings is 1. The largest absolute Gasteiger partial charge is 0.508 e. The number of likely N-dealkylation sites (N-methyl/N-ethyl adjacent to an activating group) is 1. The number of anilines is 1. The molecule has 1 aromatic rings. The van der Waals surface area contributed by atoms with Crippen molar-refractivity contribution in [2.75, 3.05) is 38.5 Å². The molecule has 1 saturated heterocycles. The second kappa shape index (κ2) is 10.2. The molecule has 0 aromatic heterocycles. The summed E-state index contributed by atoms with van der Waals surface area (Å²) in [5.41, 5.74) is 0.427. The molecular weight excluding hydrogens is 539 g/mol. The molecule has 3 aliphatic carbocycles. The minimum Gasteiger partial charge on any atom is -0.508 e. The van der Waals surface area contributed by atoms with E-state index in [0.29, 0.717) is 0 Å². The third kappa shape index (κ3) is 4.30. The van der Waals surface area contributed by atoms with E-state index in [0.717, 1.165) is 32.0 Å². The Balaban J connectivity index is 1.60. The Kier molecular flexibility index (Phi) is 7.16. The van der Waals surface area contributed by atoms with Crippen molar-refractivity contribution in [2.24, 2.45) is 17.6 Å². The Bertz CT molecular complexity index is 1430. The van der Waals surface area contributed by atoms with E-state index < -0.39 is 86.7 Å². The minimum atomic E-state index is -2.79. The third-order valence-corrected chi connectivity index (χ3v) is 8.92. The van der Waals surface area contributed by atoms with Gasteiger partial charge >= 0.3 is 0 Å². The van der Waals surface area contributed by atoms with Crippen LogP contribution in [0.15, 0.2) is 23.0 Å². The van der Waals surface area contributed by atoms with Crippen molar-refractivity contribution in [1.82, 2.24) is 9.80 Å². The first kappa shape index (κ1) is 28.7. The molecule has 41 heavy (non-hydrogen) atoms. The maximum Gasteiger partial charge on any atom is 0.255 e. The van der Waals surface area contributed by atoms with Gasteiger partial charge in [-0.25, -0.2) is 4.39 Å². The third-order valence-electron chi connectivity index (χ3n) is 8.92. The summed E-state index contributed by atoms with van der Waals surface area (Å²) in [4.78, 5) is 55.3. The number of nitrogens with one attached hydrogen (secondary N) is 1. The molecule has 13 heteroatoms. The second-order valence-electron chi connectivity index (χ2n) is 11.2. The van der Waals surface area contributed by atoms with Gasteiger partial charge in [0.2, 0.25) is 11.7 Å². The fourth-order valence-corrected chi connectivity index (χ4v) is 6.80. The van der Waals surface area contributed by atoms with E-state index in [1.165, 1.54) is 4.90 Å². The Morgan fingerprint density at radius 2 is 1.88 bits per heavy atom. The number of aromatic hydroxyl groups is 1. The number of hydrogen-bond acceptors (Lipinski definition) is 10. The highest BCUT2D eigenvalue weighted by molar-refractivity contribution is 6.24. The lowest BCUT2D eigenvalue weighted by molar-refractivity contribution is -0.154. The molecule has 12 nitrogen and oxygen atoms in total. The number of primary amides is 1. The lowest BCUT2D eigenvalue weighted by Gasteiger charge is -2.50. The van der Waals surface area contributed by atoms with E-state index in [2.05, 4.69) is 5.32 Å². The number of amides is 2. The van der Waals surface area contributed by atoms with Crippen LogP contribution in [0.1, 0.15) is 37.3 Å². The zero-order chi connectivity index (χ0) is 30.0. The number of nitrogens with zero attached hydrogens (tertiary/aromatic N) is 2. The predicted molar refractivity (Wildman–Crippen MR) is 143 cm³/mol. The highest BCUT2D eigenvalue weighted by Gasteiger charge is 2.64. The number of ketones is 2. The number of carbonyl (C=O) groups excluding carboxylic acids is 4. The zero-order valence-corrected chi connectivity index (χ0v) is 22.7. The van der Waals surface area contributed by atoms with Gasteiger partial charge < -0.3 is 31.5 Å². The lowest BCUT2D eigenvalue weighted by Crippen LogP contribution is -2.66. The van der Waals surface area contributed by atoms with Crippen molar-refractivity contribution >= 4 is 34.8 Å². The van der Waals surface area contributed by atoms with Gasteiger partial charge in [-0.2, -0.15) is 0 Å². The molecule has 0 bridgehead atoms. The Morgan fingerprint density at radius 1 is 1.22 bits per heavy atom. The number of halogens is 1. The van der Waals surface area contributed by atoms with E-state index in [-0.39, 0.29) is 37.2 Å². The van der Waals surface area contributed by atoms with Gasteiger partial charge in [-0.15, -0.1) is 0 Å². The van der Waals surface area contributed by atoms with Crippen LogP contribution in [0.4, 0.5) is 10.1 Å². The number of phenolic OH excluding ortho intramolecular Hbond substituents is 1. The first-order valence-electron chi connectivity index (χ1n) is 13.6. The summed E-state index contributed by atoms with van der Waals surface area (Å²) in [5, 5.41) is 47.5. The highest BCUT2D eigenvalue weighted by atomic mass is 19.1. The van der Waals surface area contributed by atoms with E-state index in [1.807, 2.05) is 4.90 Å². The summed E-state index contributed by atoms with van der Waals surface area (Å²) in [6, 6.07) is -0.273. The number of nitrogens with two attached hydrogens (primary N) is 1. The molecule has 0 spiro atoms. The van der Waals surface area contributed by atoms with Crippen molar-refractivity contribution in [1.29, 1.82) is 0 Å². The van der Waals surface area contributed by atoms with Crippen molar-refractivity contribution in [2.45, 2.75) is 44.2 Å². The molecule has 5 rings (SSSR count). The molecule has 220 valence electrons. The Hall–Kier alpha value is -3.81. The normalized spacial score (nSPS) is 28.1. The van der Waals surface area contributed by atoms with Crippen molar-refractivity contribution < 1.29 is 44.0 Å². The molecule has 7 N–H and O–H groups in total. The van der Waals surface area contributed by atoms with Crippen LogP contribution in [0, 0.1) is 17.7 Å². The first-order valence-corrected chi connectivity index (χ1v) is 13.6. The van der Waals surface area contributed by atoms with Crippen molar-refractivity contribution in [3.05, 3.63) is 39.9 Å². The molecule has 4 aliphatic rings. The number of fused-ring (bicyclic) bond motifs is 3. The molecule has 0 unspecified atom stereocenters. The maximum atomic E-state index is 15.4. The quantitative estimate of drug-likeness (QED) is 0.207. The fraction of sp³-hybridized carbons (Fsp3) is 0.500. The van der Waals surface area contributed by atoms with Gasteiger partial charge in [0.1, 0.15) is 22.9 Å². The SMILES string of the molecule is CCN(C)[C@@H]1C(=O)C(C(N)=O)=C(O)[C@@]2(O)C(=O)C3=C(O)c4c(O)c(NC(=O)CN5CCCC5)cc(F)c4C[C@H]3C[C@@H]12. The van der Waals surface area contributed by atoms with Gasteiger partial charge in [0.15, 0.2) is 17.1 Å². The molecule has 2 fully saturated rings. The molecule has 0 radical (unpaired) electrons. The number of aliphatic hydroxyl groups is 3. The fourth-order valence-electron chi connectivity index (χ4n) is 6.80. The standard InChI is InChI=1S/C28H33FN4O8/c1-3-32(2)21-14-9-12-8-13-15(29)10-16(31-17(34)11-33-6-4-5-7-33)22(35)19(13)23(36)18(12)25(38)28(14,41)26(39)20(24(21)37)27(30)40/h10,12,14,21,35-36,39,41H,3-9,11H2,1-2H3,(H2,30,40)(H,31,34)/t12-,14-,21-,28-/m0/s1. The first-order chi connectivity index (χ1) is 19.3. The van der Waals surface area contributed by atoms with Gasteiger partial charge in [-0.05, 0) is 58.3 Å². The molecule has 4 atom stereocenters. The summed E-state index contributed by atoms with van der Waals surface area (Å²) < 4.78 is 15.4. The number of carbonyl (C=O) groups is 4. The van der Waals surface area contributed by atoms with Gasteiger partial charge in [0.25, 0.3) is 5.91 Å². The molecular formula is C28H33FN4O8. The number of likely N-dealkylation sites (tertiary alicyclic amines) is 1. The monoisotopic (exact) mass is 572 g/mol. The van der Waals surface area contributed by atoms with E-state index in [9.17, 15) is 39.6 Å². The topological polar surface area (TPSA) is 194 Å². The van der Waals surface area contributed by atoms with Crippen LogP contribution in [0.5, 0.6) is 5.75 Å². The number of rotatable bonds is 6. The van der Waals surface area contributed by atoms with E-state index in [1.54, 1.807) is 14.0 Å². The smallest absolute Gasteiger partial charge is 0.255 e. The second-order valence-corrected chi connectivity index (χ2v) is 11.2. The van der Waals surface area contributed by atoms with E-state index >= 15 is 4.39 Å². The highest BCUT2D eigenvalue weighted by Crippen LogP contribution is 2.53. The molecule has 1 aromatic carbocycles. The van der Waals surface area contributed by atoms with Crippen molar-refractivity contribution in [3.63, 3.8) is 0 Å². The van der Waals surface area contributed by atoms with E-state index in [4.69, 9.17) is 5.73 Å². The maximum absolute atomic E-state index is 15.4. The molecule has 2 amide bonds. The van der Waals surface area contributed by atoms with Crippen LogP contribution >= 0.6 is 0 Å². The average Bonchev–Trinajstić information content (AvgIpc) is 3.41. The van der Waals surface area contributed by atoms with Gasteiger partial charge in [0, 0.05) is 23.1 Å². The zero-order valence-electron chi connectivity index (χ0n) is 22.7.